The third kappa shape index (κ3) is 3.51. The average molecular weight is 333 g/mol. The molecule has 1 aliphatic heterocycles. The number of nitrogen functional groups attached to an aromatic ring is 1. The number of aliphatic hydroxyl groups is 1. The van der Waals surface area contributed by atoms with E-state index in [0.717, 1.165) is 0 Å². The Kier molecular flexibility index (Phi) is 4.54. The van der Waals surface area contributed by atoms with Crippen LogP contribution in [0.25, 0.3) is 0 Å². The molecule has 0 bridgehead atoms. The summed E-state index contributed by atoms with van der Waals surface area (Å²) in [4.78, 5) is 0.186. The zero-order valence-electron chi connectivity index (χ0n) is 12.3. The zero-order chi connectivity index (χ0) is 15.8. The Bertz CT molecular complexity index is 644. The highest BCUT2D eigenvalue weighted by Crippen LogP contribution is 2.30. The van der Waals surface area contributed by atoms with Crippen LogP contribution in [0.3, 0.4) is 0 Å². The van der Waals surface area contributed by atoms with Crippen molar-refractivity contribution in [3.63, 3.8) is 0 Å². The predicted molar refractivity (Wildman–Crippen MR) is 83.8 cm³/mol. The minimum Gasteiger partial charge on any atom is -0.397 e. The van der Waals surface area contributed by atoms with Crippen molar-refractivity contribution in [2.24, 2.45) is 0 Å². The second-order valence-corrected chi connectivity index (χ2v) is 8.21. The third-order valence-electron chi connectivity index (χ3n) is 3.93. The Labute approximate surface area is 130 Å². The van der Waals surface area contributed by atoms with Gasteiger partial charge in [-0.2, -0.15) is 4.31 Å². The summed E-state index contributed by atoms with van der Waals surface area (Å²) in [5.74, 6) is 0. The van der Waals surface area contributed by atoms with Gasteiger partial charge >= 0.3 is 0 Å². The van der Waals surface area contributed by atoms with Crippen molar-refractivity contribution >= 4 is 27.3 Å². The molecule has 1 atom stereocenters. The molecule has 1 unspecified atom stereocenters. The maximum absolute atomic E-state index is 12.8. The SMILES string of the molecule is Cc1cc(Cl)c(N)cc1S(=O)(=O)N1CCCC(C)(O)CC1. The molecule has 0 aliphatic carbocycles. The van der Waals surface area contributed by atoms with Gasteiger partial charge in [-0.1, -0.05) is 11.6 Å². The second kappa shape index (κ2) is 5.76. The quantitative estimate of drug-likeness (QED) is 0.813. The van der Waals surface area contributed by atoms with E-state index in [1.807, 2.05) is 0 Å². The van der Waals surface area contributed by atoms with E-state index < -0.39 is 15.6 Å². The Morgan fingerprint density at radius 1 is 1.33 bits per heavy atom. The van der Waals surface area contributed by atoms with Crippen LogP contribution in [0.15, 0.2) is 17.0 Å². The fraction of sp³-hybridized carbons (Fsp3) is 0.571. The smallest absolute Gasteiger partial charge is 0.243 e. The molecule has 0 aromatic heterocycles. The summed E-state index contributed by atoms with van der Waals surface area (Å²) in [5, 5.41) is 10.4. The maximum atomic E-state index is 12.8. The molecular weight excluding hydrogens is 312 g/mol. The van der Waals surface area contributed by atoms with E-state index in [-0.39, 0.29) is 10.6 Å². The van der Waals surface area contributed by atoms with Crippen LogP contribution in [0.2, 0.25) is 5.02 Å². The maximum Gasteiger partial charge on any atom is 0.243 e. The monoisotopic (exact) mass is 332 g/mol. The zero-order valence-corrected chi connectivity index (χ0v) is 13.8. The summed E-state index contributed by atoms with van der Waals surface area (Å²) in [6, 6.07) is 2.98. The minimum absolute atomic E-state index is 0.186. The van der Waals surface area contributed by atoms with Gasteiger partial charge in [-0.25, -0.2) is 8.42 Å². The highest BCUT2D eigenvalue weighted by atomic mass is 35.5. The fourth-order valence-electron chi connectivity index (χ4n) is 2.56. The van der Waals surface area contributed by atoms with Crippen molar-refractivity contribution in [2.75, 3.05) is 18.8 Å². The van der Waals surface area contributed by atoms with Crippen molar-refractivity contribution in [1.82, 2.24) is 4.31 Å². The number of rotatable bonds is 2. The largest absolute Gasteiger partial charge is 0.397 e. The molecule has 1 heterocycles. The number of benzene rings is 1. The van der Waals surface area contributed by atoms with E-state index in [9.17, 15) is 13.5 Å². The van der Waals surface area contributed by atoms with Crippen LogP contribution in [-0.4, -0.2) is 36.5 Å². The molecule has 1 aromatic rings. The standard InChI is InChI=1S/C14H21ClN2O3S/c1-10-8-11(15)12(16)9-13(10)21(19,20)17-6-3-4-14(2,18)5-7-17/h8-9,18H,3-7,16H2,1-2H3. The first-order valence-corrected chi connectivity index (χ1v) is 8.73. The summed E-state index contributed by atoms with van der Waals surface area (Å²) >= 11 is 5.92. The number of hydrogen-bond acceptors (Lipinski definition) is 4. The van der Waals surface area contributed by atoms with E-state index in [2.05, 4.69) is 0 Å². The molecule has 7 heteroatoms. The number of sulfonamides is 1. The average Bonchev–Trinajstić information content (AvgIpc) is 2.55. The van der Waals surface area contributed by atoms with Gasteiger partial charge in [0.2, 0.25) is 10.0 Å². The van der Waals surface area contributed by atoms with Gasteiger partial charge in [0.05, 0.1) is 21.2 Å². The Balaban J connectivity index is 2.36. The van der Waals surface area contributed by atoms with E-state index in [1.54, 1.807) is 19.9 Å². The Morgan fingerprint density at radius 3 is 2.67 bits per heavy atom. The molecular formula is C14H21ClN2O3S. The lowest BCUT2D eigenvalue weighted by Crippen LogP contribution is -2.34. The molecule has 0 amide bonds. The van der Waals surface area contributed by atoms with Crippen molar-refractivity contribution in [2.45, 2.75) is 43.6 Å². The van der Waals surface area contributed by atoms with Crippen LogP contribution in [0.1, 0.15) is 31.7 Å². The topological polar surface area (TPSA) is 83.6 Å². The number of aryl methyl sites for hydroxylation is 1. The highest BCUT2D eigenvalue weighted by molar-refractivity contribution is 7.89. The lowest BCUT2D eigenvalue weighted by Gasteiger charge is -2.23. The molecule has 1 aromatic carbocycles. The van der Waals surface area contributed by atoms with Crippen molar-refractivity contribution in [1.29, 1.82) is 0 Å². The molecule has 0 spiro atoms. The van der Waals surface area contributed by atoms with E-state index in [4.69, 9.17) is 17.3 Å². The molecule has 2 rings (SSSR count). The number of halogens is 1. The lowest BCUT2D eigenvalue weighted by atomic mass is 9.98. The third-order valence-corrected chi connectivity index (χ3v) is 6.30. The first-order chi connectivity index (χ1) is 9.63. The molecule has 5 nitrogen and oxygen atoms in total. The fourth-order valence-corrected chi connectivity index (χ4v) is 4.50. The number of hydrogen-bond donors (Lipinski definition) is 2. The van der Waals surface area contributed by atoms with Crippen molar-refractivity contribution in [3.05, 3.63) is 22.7 Å². The van der Waals surface area contributed by atoms with Crippen LogP contribution in [-0.2, 0) is 10.0 Å². The van der Waals surface area contributed by atoms with Crippen LogP contribution < -0.4 is 5.73 Å². The highest BCUT2D eigenvalue weighted by Gasteiger charge is 2.32. The summed E-state index contributed by atoms with van der Waals surface area (Å²) in [7, 11) is -3.62. The number of anilines is 1. The van der Waals surface area contributed by atoms with Gasteiger partial charge in [0, 0.05) is 13.1 Å². The molecule has 21 heavy (non-hydrogen) atoms. The normalized spacial score (nSPS) is 24.8. The van der Waals surface area contributed by atoms with Crippen molar-refractivity contribution in [3.8, 4) is 0 Å². The second-order valence-electron chi connectivity index (χ2n) is 5.89. The van der Waals surface area contributed by atoms with Gasteiger partial charge in [-0.05, 0) is 50.8 Å². The van der Waals surface area contributed by atoms with E-state index in [0.29, 0.717) is 42.9 Å². The van der Waals surface area contributed by atoms with Gasteiger partial charge in [0.1, 0.15) is 0 Å². The molecule has 1 aliphatic rings. The Morgan fingerprint density at radius 2 is 2.00 bits per heavy atom. The molecule has 0 radical (unpaired) electrons. The lowest BCUT2D eigenvalue weighted by molar-refractivity contribution is 0.0465. The van der Waals surface area contributed by atoms with Gasteiger partial charge in [-0.3, -0.25) is 0 Å². The molecule has 1 fully saturated rings. The van der Waals surface area contributed by atoms with Gasteiger partial charge in [0.25, 0.3) is 0 Å². The van der Waals surface area contributed by atoms with Gasteiger partial charge in [-0.15, -0.1) is 0 Å². The summed E-state index contributed by atoms with van der Waals surface area (Å²) in [6.07, 6.45) is 1.66. The summed E-state index contributed by atoms with van der Waals surface area (Å²) < 4.78 is 27.0. The van der Waals surface area contributed by atoms with Crippen LogP contribution >= 0.6 is 11.6 Å². The molecule has 1 saturated heterocycles. The first kappa shape index (κ1) is 16.5. The van der Waals surface area contributed by atoms with Crippen LogP contribution in [0.5, 0.6) is 0 Å². The Hall–Kier alpha value is -0.820. The molecule has 0 saturated carbocycles. The molecule has 118 valence electrons. The van der Waals surface area contributed by atoms with Crippen LogP contribution in [0.4, 0.5) is 5.69 Å². The minimum atomic E-state index is -3.62. The number of nitrogens with zero attached hydrogens (tertiary/aromatic N) is 1. The first-order valence-electron chi connectivity index (χ1n) is 6.92. The summed E-state index contributed by atoms with van der Waals surface area (Å²) in [5.41, 5.74) is 5.75. The summed E-state index contributed by atoms with van der Waals surface area (Å²) in [6.45, 7) is 4.15. The van der Waals surface area contributed by atoms with Crippen LogP contribution in [0, 0.1) is 6.92 Å². The van der Waals surface area contributed by atoms with E-state index in [1.165, 1.54) is 10.4 Å². The van der Waals surface area contributed by atoms with Gasteiger partial charge in [0.15, 0.2) is 0 Å². The van der Waals surface area contributed by atoms with Crippen molar-refractivity contribution < 1.29 is 13.5 Å². The predicted octanol–water partition coefficient (Wildman–Crippen LogP) is 2.16. The van der Waals surface area contributed by atoms with E-state index >= 15 is 0 Å². The van der Waals surface area contributed by atoms with Gasteiger partial charge < -0.3 is 10.8 Å². The number of nitrogens with two attached hydrogens (primary N) is 1. The molecule has 3 N–H and O–H groups in total.